The Morgan fingerprint density at radius 1 is 0.714 bits per heavy atom. The van der Waals surface area contributed by atoms with E-state index in [0.29, 0.717) is 5.04 Å². The van der Waals surface area contributed by atoms with Crippen LogP contribution in [-0.2, 0) is 0 Å². The molecule has 0 saturated carbocycles. The van der Waals surface area contributed by atoms with E-state index in [1.54, 1.807) is 0 Å². The van der Waals surface area contributed by atoms with Gasteiger partial charge in [-0.05, 0) is 68.3 Å². The van der Waals surface area contributed by atoms with Crippen molar-refractivity contribution in [1.29, 1.82) is 5.41 Å². The van der Waals surface area contributed by atoms with Crippen molar-refractivity contribution in [2.24, 2.45) is 10.7 Å². The minimum atomic E-state index is -0.411. The lowest BCUT2D eigenvalue weighted by molar-refractivity contribution is 0.822. The zero-order valence-corrected chi connectivity index (χ0v) is 27.8. The van der Waals surface area contributed by atoms with Gasteiger partial charge >= 0.3 is 0 Å². The van der Waals surface area contributed by atoms with Gasteiger partial charge in [0.25, 0.3) is 0 Å². The number of benzene rings is 6. The van der Waals surface area contributed by atoms with Crippen LogP contribution in [0.4, 0.5) is 0 Å². The van der Waals surface area contributed by atoms with Crippen molar-refractivity contribution in [2.45, 2.75) is 24.3 Å². The third kappa shape index (κ3) is 6.15. The van der Waals surface area contributed by atoms with Crippen molar-refractivity contribution in [2.75, 3.05) is 0 Å². The Balaban J connectivity index is 1.19. The number of nitrogens with two attached hydrogens (primary N) is 1. The lowest BCUT2D eigenvalue weighted by Gasteiger charge is -2.25. The van der Waals surface area contributed by atoms with Crippen molar-refractivity contribution in [3.8, 4) is 11.1 Å². The van der Waals surface area contributed by atoms with Crippen molar-refractivity contribution in [3.05, 3.63) is 186 Å². The van der Waals surface area contributed by atoms with E-state index >= 15 is 0 Å². The Hall–Kier alpha value is -5.49. The zero-order valence-electron chi connectivity index (χ0n) is 27.0. The molecule has 8 rings (SSSR count). The molecule has 6 aromatic carbocycles. The lowest BCUT2D eigenvalue weighted by atomic mass is 9.88. The van der Waals surface area contributed by atoms with Gasteiger partial charge in [0.05, 0.1) is 16.5 Å². The number of fused-ring (bicyclic) bond motifs is 2. The number of hydrogen-bond donors (Lipinski definition) is 3. The minimum Gasteiger partial charge on any atom is -0.340 e. The van der Waals surface area contributed by atoms with Crippen LogP contribution < -0.4 is 11.1 Å². The van der Waals surface area contributed by atoms with Gasteiger partial charge in [0.2, 0.25) is 0 Å². The molecule has 49 heavy (non-hydrogen) atoms. The van der Waals surface area contributed by atoms with Gasteiger partial charge in [-0.3, -0.25) is 10.4 Å². The van der Waals surface area contributed by atoms with Gasteiger partial charge in [-0.25, -0.2) is 0 Å². The second-order valence-corrected chi connectivity index (χ2v) is 13.5. The van der Waals surface area contributed by atoms with Gasteiger partial charge in [0.1, 0.15) is 5.84 Å². The van der Waals surface area contributed by atoms with Crippen LogP contribution in [0.1, 0.15) is 40.5 Å². The van der Waals surface area contributed by atoms with Crippen molar-refractivity contribution >= 4 is 49.9 Å². The zero-order chi connectivity index (χ0) is 33.2. The predicted molar refractivity (Wildman–Crippen MR) is 209 cm³/mol. The van der Waals surface area contributed by atoms with Crippen LogP contribution in [0.2, 0.25) is 0 Å². The number of hydrogen-bond acceptors (Lipinski definition) is 5. The van der Waals surface area contributed by atoms with Crippen LogP contribution in [-0.4, -0.2) is 16.9 Å². The molecule has 6 aromatic rings. The number of aliphatic imine (C=N–C) groups is 1. The van der Waals surface area contributed by atoms with Crippen LogP contribution in [0.15, 0.2) is 168 Å². The molecule has 0 fully saturated rings. The fraction of sp³-hybridized carbons (Fsp3) is 0.0909. The molecule has 0 spiro atoms. The largest absolute Gasteiger partial charge is 0.340 e. The molecule has 0 bridgehead atoms. The molecule has 1 aliphatic heterocycles. The second kappa shape index (κ2) is 13.6. The summed E-state index contributed by atoms with van der Waals surface area (Å²) in [6.45, 7) is 0. The number of rotatable bonds is 7. The summed E-state index contributed by atoms with van der Waals surface area (Å²) in [6, 6.07) is 46.1. The molecule has 0 amide bonds. The first-order valence-electron chi connectivity index (χ1n) is 16.7. The average molecular weight is 653 g/mol. The molecular formula is C44H36N4S. The number of nitrogens with zero attached hydrogens (tertiary/aromatic N) is 1. The standard InChI is InChI=1S/C44H36N4S/c45-42(32-16-6-2-7-17-32)49-43(46)41-36-22-12-10-20-34(36)40(35-21-11-13-23-37(35)41)31-26-24-30(25-27-31)39-28-38(29-14-4-1-5-15-29)47-44(48-39)33-18-8-3-9-19-33/h1-4,6-14,16-28,38,43,45H,5,15,46H2,(H,47,48). The minimum absolute atomic E-state index is 0.0121. The van der Waals surface area contributed by atoms with Gasteiger partial charge in [0.15, 0.2) is 0 Å². The quantitative estimate of drug-likeness (QED) is 0.0695. The molecule has 0 saturated heterocycles. The average Bonchev–Trinajstić information content (AvgIpc) is 3.17. The molecule has 1 aliphatic carbocycles. The Labute approximate surface area is 291 Å². The maximum atomic E-state index is 8.80. The highest BCUT2D eigenvalue weighted by Crippen LogP contribution is 2.44. The molecular weight excluding hydrogens is 617 g/mol. The summed E-state index contributed by atoms with van der Waals surface area (Å²) in [5.74, 6) is 0.893. The number of allylic oxidation sites excluding steroid dienone is 3. The van der Waals surface area contributed by atoms with Gasteiger partial charge in [-0.1, -0.05) is 163 Å². The molecule has 238 valence electrons. The van der Waals surface area contributed by atoms with E-state index in [2.05, 4.69) is 127 Å². The maximum Gasteiger partial charge on any atom is 0.133 e. The normalized spacial score (nSPS) is 16.4. The number of amidine groups is 1. The summed E-state index contributed by atoms with van der Waals surface area (Å²) in [4.78, 5) is 5.14. The van der Waals surface area contributed by atoms with Gasteiger partial charge in [0, 0.05) is 16.8 Å². The van der Waals surface area contributed by atoms with E-state index in [0.717, 1.165) is 73.7 Å². The molecule has 4 nitrogen and oxygen atoms in total. The van der Waals surface area contributed by atoms with Crippen LogP contribution in [0.25, 0.3) is 38.4 Å². The Morgan fingerprint density at radius 2 is 1.31 bits per heavy atom. The Morgan fingerprint density at radius 3 is 1.94 bits per heavy atom. The molecule has 0 radical (unpaired) electrons. The fourth-order valence-corrected chi connectivity index (χ4v) is 7.84. The lowest BCUT2D eigenvalue weighted by Crippen LogP contribution is -2.30. The van der Waals surface area contributed by atoms with Crippen LogP contribution in [0.3, 0.4) is 0 Å². The van der Waals surface area contributed by atoms with Crippen LogP contribution >= 0.6 is 11.8 Å². The first kappa shape index (κ1) is 30.8. The monoisotopic (exact) mass is 652 g/mol. The second-order valence-electron chi connectivity index (χ2n) is 12.4. The number of thioether (sulfide) groups is 1. The summed E-state index contributed by atoms with van der Waals surface area (Å²) in [5, 5.41) is 17.0. The molecule has 2 aliphatic rings. The molecule has 4 N–H and O–H groups in total. The summed E-state index contributed by atoms with van der Waals surface area (Å²) in [7, 11) is 0. The molecule has 2 unspecified atom stereocenters. The van der Waals surface area contributed by atoms with Crippen molar-refractivity contribution < 1.29 is 0 Å². The highest BCUT2D eigenvalue weighted by atomic mass is 32.2. The highest BCUT2D eigenvalue weighted by Gasteiger charge is 2.23. The smallest absolute Gasteiger partial charge is 0.133 e. The van der Waals surface area contributed by atoms with Crippen LogP contribution in [0, 0.1) is 5.41 Å². The molecule has 0 aromatic heterocycles. The molecule has 5 heteroatoms. The molecule has 1 heterocycles. The fourth-order valence-electron chi connectivity index (χ4n) is 6.94. The first-order chi connectivity index (χ1) is 24.1. The highest BCUT2D eigenvalue weighted by molar-refractivity contribution is 8.14. The SMILES string of the molecule is N=C(SC(N)c1c2ccccc2c(-c2ccc(C3=CC(C4=CC=CCC4)N=C(c4ccccc4)N3)cc2)c2ccccc12)c1ccccc1. The van der Waals surface area contributed by atoms with E-state index in [9.17, 15) is 0 Å². The third-order valence-corrected chi connectivity index (χ3v) is 10.3. The van der Waals surface area contributed by atoms with Crippen molar-refractivity contribution in [3.63, 3.8) is 0 Å². The Bertz CT molecular complexity index is 2240. The topological polar surface area (TPSA) is 74.3 Å². The summed E-state index contributed by atoms with van der Waals surface area (Å²) >= 11 is 1.39. The van der Waals surface area contributed by atoms with Crippen LogP contribution in [0.5, 0.6) is 0 Å². The Kier molecular flexibility index (Phi) is 8.53. The predicted octanol–water partition coefficient (Wildman–Crippen LogP) is 10.4. The summed E-state index contributed by atoms with van der Waals surface area (Å²) in [6.07, 6.45) is 10.9. The van der Waals surface area contributed by atoms with Gasteiger partial charge in [-0.2, -0.15) is 0 Å². The van der Waals surface area contributed by atoms with E-state index in [1.165, 1.54) is 22.9 Å². The maximum absolute atomic E-state index is 8.80. The number of nitrogens with one attached hydrogen (secondary N) is 2. The van der Waals surface area contributed by atoms with E-state index in [-0.39, 0.29) is 6.04 Å². The van der Waals surface area contributed by atoms with E-state index in [1.807, 2.05) is 36.4 Å². The third-order valence-electron chi connectivity index (χ3n) is 9.34. The van der Waals surface area contributed by atoms with Gasteiger partial charge < -0.3 is 11.1 Å². The van der Waals surface area contributed by atoms with Crippen molar-refractivity contribution in [1.82, 2.24) is 5.32 Å². The van der Waals surface area contributed by atoms with Gasteiger partial charge in [-0.15, -0.1) is 0 Å². The summed E-state index contributed by atoms with van der Waals surface area (Å²) < 4.78 is 0. The summed E-state index contributed by atoms with van der Waals surface area (Å²) in [5.41, 5.74) is 15.8. The van der Waals surface area contributed by atoms with E-state index in [4.69, 9.17) is 16.1 Å². The van der Waals surface area contributed by atoms with E-state index < -0.39 is 5.37 Å². The molecule has 2 atom stereocenters. The first-order valence-corrected chi connectivity index (χ1v) is 17.6.